The summed E-state index contributed by atoms with van der Waals surface area (Å²) in [5, 5.41) is 9.24. The van der Waals surface area contributed by atoms with Crippen LogP contribution in [-0.4, -0.2) is 29.4 Å². The lowest BCUT2D eigenvalue weighted by Crippen LogP contribution is -2.17. The number of ether oxygens (including phenoxy) is 2. The van der Waals surface area contributed by atoms with Crippen LogP contribution < -0.4 is 4.74 Å². The first-order valence-corrected chi connectivity index (χ1v) is 6.55. The fraction of sp³-hybridized carbons (Fsp3) is 0.643. The molecule has 0 aromatic carbocycles. The maximum atomic E-state index is 9.24. The molecule has 1 fully saturated rings. The number of aliphatic hydroxyl groups excluding tert-OH is 1. The van der Waals surface area contributed by atoms with E-state index in [2.05, 4.69) is 18.8 Å². The molecule has 0 saturated carbocycles. The summed E-state index contributed by atoms with van der Waals surface area (Å²) < 4.78 is 11.2. The van der Waals surface area contributed by atoms with Crippen molar-refractivity contribution in [2.45, 2.75) is 45.3 Å². The molecule has 100 valence electrons. The van der Waals surface area contributed by atoms with Gasteiger partial charge in [0.1, 0.15) is 6.61 Å². The van der Waals surface area contributed by atoms with Crippen molar-refractivity contribution >= 4 is 0 Å². The molecule has 0 bridgehead atoms. The van der Waals surface area contributed by atoms with Gasteiger partial charge in [-0.3, -0.25) is 0 Å². The summed E-state index contributed by atoms with van der Waals surface area (Å²) in [6.45, 7) is 5.54. The molecule has 1 unspecified atom stereocenters. The predicted molar refractivity (Wildman–Crippen MR) is 68.7 cm³/mol. The molecule has 1 N–H and O–H groups in total. The van der Waals surface area contributed by atoms with Crippen molar-refractivity contribution in [3.8, 4) is 5.88 Å². The minimum absolute atomic E-state index is 0.0124. The van der Waals surface area contributed by atoms with Crippen LogP contribution in [0.5, 0.6) is 5.88 Å². The fourth-order valence-electron chi connectivity index (χ4n) is 2.00. The molecule has 1 aliphatic heterocycles. The lowest BCUT2D eigenvalue weighted by molar-refractivity contribution is 0.0662. The first-order chi connectivity index (χ1) is 8.69. The maximum absolute atomic E-state index is 9.24. The standard InChI is InChI=1S/C14H21NO3/c1-10(2)13-6-11(8-16)7-14(15-13)18-9-12-4-3-5-17-12/h6-7,10,12,16H,3-5,8-9H2,1-2H3. The van der Waals surface area contributed by atoms with Gasteiger partial charge in [-0.1, -0.05) is 13.8 Å². The van der Waals surface area contributed by atoms with Gasteiger partial charge in [-0.25, -0.2) is 4.98 Å². The van der Waals surface area contributed by atoms with E-state index in [1.807, 2.05) is 6.07 Å². The molecule has 0 spiro atoms. The van der Waals surface area contributed by atoms with Crippen LogP contribution >= 0.6 is 0 Å². The molecule has 0 aliphatic carbocycles. The van der Waals surface area contributed by atoms with Crippen molar-refractivity contribution in [2.75, 3.05) is 13.2 Å². The fourth-order valence-corrected chi connectivity index (χ4v) is 2.00. The third-order valence-electron chi connectivity index (χ3n) is 3.10. The molecule has 1 aliphatic rings. The van der Waals surface area contributed by atoms with E-state index in [1.54, 1.807) is 6.07 Å². The molecule has 1 saturated heterocycles. The highest BCUT2D eigenvalue weighted by Gasteiger charge is 2.16. The van der Waals surface area contributed by atoms with E-state index in [0.717, 1.165) is 30.7 Å². The zero-order valence-electron chi connectivity index (χ0n) is 11.1. The highest BCUT2D eigenvalue weighted by molar-refractivity contribution is 5.26. The summed E-state index contributed by atoms with van der Waals surface area (Å²) in [7, 11) is 0. The van der Waals surface area contributed by atoms with Gasteiger partial charge in [-0.15, -0.1) is 0 Å². The molecule has 0 radical (unpaired) electrons. The van der Waals surface area contributed by atoms with Crippen LogP contribution in [0.1, 0.15) is 43.9 Å². The molecule has 4 heteroatoms. The molecule has 0 amide bonds. The van der Waals surface area contributed by atoms with Gasteiger partial charge in [0.05, 0.1) is 12.7 Å². The van der Waals surface area contributed by atoms with Crippen LogP contribution in [0, 0.1) is 0 Å². The van der Waals surface area contributed by atoms with Crippen molar-refractivity contribution in [2.24, 2.45) is 0 Å². The molecular formula is C14H21NO3. The minimum atomic E-state index is 0.0124. The van der Waals surface area contributed by atoms with E-state index in [4.69, 9.17) is 9.47 Å². The topological polar surface area (TPSA) is 51.6 Å². The van der Waals surface area contributed by atoms with Gasteiger partial charge in [0.25, 0.3) is 0 Å². The number of rotatable bonds is 5. The first kappa shape index (κ1) is 13.3. The average molecular weight is 251 g/mol. The Morgan fingerprint density at radius 3 is 2.94 bits per heavy atom. The third kappa shape index (κ3) is 3.43. The van der Waals surface area contributed by atoms with Gasteiger partial charge in [0.15, 0.2) is 0 Å². The predicted octanol–water partition coefficient (Wildman–Crippen LogP) is 2.26. The number of nitrogens with zero attached hydrogens (tertiary/aromatic N) is 1. The third-order valence-corrected chi connectivity index (χ3v) is 3.10. The number of aromatic nitrogens is 1. The van der Waals surface area contributed by atoms with Crippen molar-refractivity contribution in [1.82, 2.24) is 4.98 Å². The summed E-state index contributed by atoms with van der Waals surface area (Å²) in [6.07, 6.45) is 2.35. The highest BCUT2D eigenvalue weighted by Crippen LogP contribution is 2.20. The Hall–Kier alpha value is -1.13. The van der Waals surface area contributed by atoms with Gasteiger partial charge in [-0.2, -0.15) is 0 Å². The van der Waals surface area contributed by atoms with Crippen LogP contribution in [-0.2, 0) is 11.3 Å². The highest BCUT2D eigenvalue weighted by atomic mass is 16.5. The second kappa shape index (κ2) is 6.16. The summed E-state index contributed by atoms with van der Waals surface area (Å²) in [5.74, 6) is 0.905. The minimum Gasteiger partial charge on any atom is -0.475 e. The number of pyridine rings is 1. The Balaban J connectivity index is 2.03. The van der Waals surface area contributed by atoms with Gasteiger partial charge in [0, 0.05) is 18.4 Å². The Morgan fingerprint density at radius 2 is 2.33 bits per heavy atom. The van der Waals surface area contributed by atoms with E-state index < -0.39 is 0 Å². The summed E-state index contributed by atoms with van der Waals surface area (Å²) in [6, 6.07) is 3.71. The van der Waals surface area contributed by atoms with Crippen molar-refractivity contribution in [3.63, 3.8) is 0 Å². The molecule has 2 rings (SSSR count). The molecule has 1 aromatic heterocycles. The monoisotopic (exact) mass is 251 g/mol. The second-order valence-corrected chi connectivity index (χ2v) is 5.00. The quantitative estimate of drug-likeness (QED) is 0.872. The zero-order chi connectivity index (χ0) is 13.0. The number of hydrogen-bond acceptors (Lipinski definition) is 4. The maximum Gasteiger partial charge on any atom is 0.213 e. The first-order valence-electron chi connectivity index (χ1n) is 6.55. The Kier molecular flexibility index (Phi) is 4.55. The SMILES string of the molecule is CC(C)c1cc(CO)cc(OCC2CCCO2)n1. The van der Waals surface area contributed by atoms with Gasteiger partial charge >= 0.3 is 0 Å². The van der Waals surface area contributed by atoms with Crippen LogP contribution in [0.25, 0.3) is 0 Å². The van der Waals surface area contributed by atoms with Crippen LogP contribution in [0.3, 0.4) is 0 Å². The molecular weight excluding hydrogens is 230 g/mol. The second-order valence-electron chi connectivity index (χ2n) is 5.00. The average Bonchev–Trinajstić information content (AvgIpc) is 2.89. The summed E-state index contributed by atoms with van der Waals surface area (Å²) in [5.41, 5.74) is 1.79. The Morgan fingerprint density at radius 1 is 1.50 bits per heavy atom. The smallest absolute Gasteiger partial charge is 0.213 e. The summed E-state index contributed by atoms with van der Waals surface area (Å²) in [4.78, 5) is 4.45. The van der Waals surface area contributed by atoms with Gasteiger partial charge in [0.2, 0.25) is 5.88 Å². The zero-order valence-corrected chi connectivity index (χ0v) is 11.1. The van der Waals surface area contributed by atoms with E-state index >= 15 is 0 Å². The molecule has 1 aromatic rings. The number of aliphatic hydroxyl groups is 1. The Bertz CT molecular complexity index is 387. The van der Waals surface area contributed by atoms with E-state index in [1.165, 1.54) is 0 Å². The lowest BCUT2D eigenvalue weighted by atomic mass is 10.1. The van der Waals surface area contributed by atoms with E-state index in [0.29, 0.717) is 18.4 Å². The van der Waals surface area contributed by atoms with Crippen molar-refractivity contribution < 1.29 is 14.6 Å². The molecule has 2 heterocycles. The van der Waals surface area contributed by atoms with Crippen LogP contribution in [0.15, 0.2) is 12.1 Å². The summed E-state index contributed by atoms with van der Waals surface area (Å²) >= 11 is 0. The van der Waals surface area contributed by atoms with Gasteiger partial charge in [-0.05, 0) is 30.4 Å². The normalized spacial score (nSPS) is 19.4. The van der Waals surface area contributed by atoms with Crippen LogP contribution in [0.2, 0.25) is 0 Å². The van der Waals surface area contributed by atoms with E-state index in [-0.39, 0.29) is 12.7 Å². The Labute approximate surface area is 108 Å². The van der Waals surface area contributed by atoms with Gasteiger partial charge < -0.3 is 14.6 Å². The molecule has 1 atom stereocenters. The largest absolute Gasteiger partial charge is 0.475 e. The molecule has 4 nitrogen and oxygen atoms in total. The van der Waals surface area contributed by atoms with E-state index in [9.17, 15) is 5.11 Å². The number of hydrogen-bond donors (Lipinski definition) is 1. The lowest BCUT2D eigenvalue weighted by Gasteiger charge is -2.13. The molecule has 18 heavy (non-hydrogen) atoms. The van der Waals surface area contributed by atoms with Crippen molar-refractivity contribution in [1.29, 1.82) is 0 Å². The van der Waals surface area contributed by atoms with Crippen molar-refractivity contribution in [3.05, 3.63) is 23.4 Å². The van der Waals surface area contributed by atoms with Crippen LogP contribution in [0.4, 0.5) is 0 Å².